The molecule has 2 N–H and O–H groups in total. The van der Waals surface area contributed by atoms with E-state index in [1.165, 1.54) is 11.1 Å². The summed E-state index contributed by atoms with van der Waals surface area (Å²) >= 11 is 0. The number of aliphatic imine (C=N–C) groups is 2. The van der Waals surface area contributed by atoms with Crippen LogP contribution in [0.5, 0.6) is 0 Å². The molecule has 0 amide bonds. The second kappa shape index (κ2) is 5.34. The smallest absolute Gasteiger partial charge is 0.286 e. The number of halogens is 1. The second-order valence-electron chi connectivity index (χ2n) is 4.41. The molecule has 0 saturated heterocycles. The average Bonchev–Trinajstić information content (AvgIpc) is 2.69. The van der Waals surface area contributed by atoms with E-state index in [0.29, 0.717) is 5.96 Å². The average molecular weight is 276 g/mol. The van der Waals surface area contributed by atoms with Crippen LogP contribution in [0.3, 0.4) is 0 Å². The Hall–Kier alpha value is -1.98. The molecule has 0 aliphatic carbocycles. The summed E-state index contributed by atoms with van der Waals surface area (Å²) in [6.45, 7) is 4.15. The van der Waals surface area contributed by atoms with E-state index in [1.54, 1.807) is 12.4 Å². The molecular weight excluding hydrogens is 262 g/mol. The largest absolute Gasteiger partial charge is 1.00 e. The maximum absolute atomic E-state index is 4.41. The van der Waals surface area contributed by atoms with Crippen LogP contribution in [0.25, 0.3) is 0 Å². The third-order valence-electron chi connectivity index (χ3n) is 2.71. The minimum Gasteiger partial charge on any atom is -1.00 e. The number of hydrogen-bond donors (Lipinski definition) is 2. The molecule has 0 saturated carbocycles. The number of guanidine groups is 1. The van der Waals surface area contributed by atoms with Gasteiger partial charge in [-0.1, -0.05) is 6.07 Å². The highest BCUT2D eigenvalue weighted by atomic mass is 35.5. The van der Waals surface area contributed by atoms with Gasteiger partial charge in [0.05, 0.1) is 6.20 Å². The highest BCUT2D eigenvalue weighted by Crippen LogP contribution is 2.14. The Kier molecular flexibility index (Phi) is 3.78. The third kappa shape index (κ3) is 2.89. The van der Waals surface area contributed by atoms with Crippen LogP contribution in [0.1, 0.15) is 11.1 Å². The first-order valence-corrected chi connectivity index (χ1v) is 5.80. The summed E-state index contributed by atoms with van der Waals surface area (Å²) in [5, 5.41) is 8.49. The van der Waals surface area contributed by atoms with Gasteiger partial charge in [0.2, 0.25) is 0 Å². The van der Waals surface area contributed by atoms with Crippen molar-refractivity contribution in [3.63, 3.8) is 0 Å². The lowest BCUT2D eigenvalue weighted by atomic mass is 10.1. The second-order valence-corrected chi connectivity index (χ2v) is 4.41. The molecule has 6 heteroatoms. The Balaban J connectivity index is 0.00000133. The molecule has 1 atom stereocenters. The van der Waals surface area contributed by atoms with E-state index in [2.05, 4.69) is 52.4 Å². The quantitative estimate of drug-likeness (QED) is 0.603. The fourth-order valence-corrected chi connectivity index (χ4v) is 2.04. The van der Waals surface area contributed by atoms with Gasteiger partial charge in [-0.15, -0.1) is 5.01 Å². The minimum absolute atomic E-state index is 0. The maximum atomic E-state index is 4.41. The zero-order valence-corrected chi connectivity index (χ0v) is 11.4. The van der Waals surface area contributed by atoms with Gasteiger partial charge in [-0.25, -0.2) is 0 Å². The van der Waals surface area contributed by atoms with Crippen LogP contribution in [-0.2, 0) is 0 Å². The lowest BCUT2D eigenvalue weighted by molar-refractivity contribution is -0.748. The topological polar surface area (TPSA) is 53.5 Å². The van der Waals surface area contributed by atoms with Crippen molar-refractivity contribution in [3.8, 4) is 0 Å². The van der Waals surface area contributed by atoms with Gasteiger partial charge in [0.1, 0.15) is 12.4 Å². The molecular formula is C13H14ClN5. The number of aryl methyl sites for hydroxylation is 2. The first-order valence-electron chi connectivity index (χ1n) is 5.80. The van der Waals surface area contributed by atoms with Crippen molar-refractivity contribution in [1.82, 2.24) is 0 Å². The molecule has 3 rings (SSSR count). The summed E-state index contributed by atoms with van der Waals surface area (Å²) in [6, 6.07) is 6.29. The van der Waals surface area contributed by atoms with E-state index in [1.807, 2.05) is 6.20 Å². The maximum Gasteiger partial charge on any atom is 0.286 e. The summed E-state index contributed by atoms with van der Waals surface area (Å²) in [5.41, 5.74) is 3.45. The molecule has 98 valence electrons. The highest BCUT2D eigenvalue weighted by molar-refractivity contribution is 6.29. The van der Waals surface area contributed by atoms with Crippen molar-refractivity contribution in [2.75, 3.05) is 5.32 Å². The number of amidine groups is 1. The van der Waals surface area contributed by atoms with Crippen LogP contribution in [0.2, 0.25) is 0 Å². The molecule has 0 aromatic heterocycles. The minimum atomic E-state index is 0. The van der Waals surface area contributed by atoms with Crippen LogP contribution in [0.15, 0.2) is 45.7 Å². The van der Waals surface area contributed by atoms with E-state index >= 15 is 0 Å². The van der Waals surface area contributed by atoms with Crippen LogP contribution in [-0.4, -0.2) is 18.0 Å². The molecule has 5 nitrogen and oxygen atoms in total. The fraction of sp³-hybridized carbons (Fsp3) is 0.154. The van der Waals surface area contributed by atoms with E-state index in [9.17, 15) is 0 Å². The Bertz CT molecular complexity index is 595. The first-order chi connectivity index (χ1) is 8.70. The van der Waals surface area contributed by atoms with Crippen molar-refractivity contribution in [2.45, 2.75) is 13.8 Å². The number of rotatable bonds is 1. The Morgan fingerprint density at radius 3 is 2.53 bits per heavy atom. The summed E-state index contributed by atoms with van der Waals surface area (Å²) < 4.78 is 0. The molecule has 2 aliphatic heterocycles. The summed E-state index contributed by atoms with van der Waals surface area (Å²) in [5.74, 6) is 1.42. The lowest BCUT2D eigenvalue weighted by Gasteiger charge is -2.04. The zero-order chi connectivity index (χ0) is 12.5. The lowest BCUT2D eigenvalue weighted by Crippen LogP contribution is -3.05. The van der Waals surface area contributed by atoms with E-state index in [-0.39, 0.29) is 12.4 Å². The molecule has 2 heterocycles. The number of quaternary nitrogens is 1. The summed E-state index contributed by atoms with van der Waals surface area (Å²) in [6.07, 6.45) is 5.29. The van der Waals surface area contributed by atoms with Crippen LogP contribution in [0, 0.1) is 13.8 Å². The van der Waals surface area contributed by atoms with Gasteiger partial charge >= 0.3 is 0 Å². The molecule has 1 aromatic rings. The summed E-state index contributed by atoms with van der Waals surface area (Å²) in [4.78, 5) is 8.41. The van der Waals surface area contributed by atoms with Crippen molar-refractivity contribution < 1.29 is 17.4 Å². The van der Waals surface area contributed by atoms with E-state index < -0.39 is 0 Å². The molecule has 0 radical (unpaired) electrons. The standard InChI is InChI=1S/C13H13N5.ClH/c1-9-5-10(2)7-11(6-9)15-13-16-12-8-14-3-4-18(12)17-13;/h3-8H,1-2H3,(H,15,17);1H. The number of benzene rings is 1. The van der Waals surface area contributed by atoms with Crippen LogP contribution >= 0.6 is 0 Å². The van der Waals surface area contributed by atoms with Gasteiger partial charge < -0.3 is 17.7 Å². The predicted molar refractivity (Wildman–Crippen MR) is 73.0 cm³/mol. The van der Waals surface area contributed by atoms with Crippen LogP contribution in [0.4, 0.5) is 5.69 Å². The number of nitrogens with zero attached hydrogens (tertiary/aromatic N) is 3. The Morgan fingerprint density at radius 1 is 1.11 bits per heavy atom. The van der Waals surface area contributed by atoms with Gasteiger partial charge in [-0.2, -0.15) is 4.99 Å². The number of nitrogens with one attached hydrogen (secondary N) is 2. The van der Waals surface area contributed by atoms with Crippen molar-refractivity contribution in [2.24, 2.45) is 15.1 Å². The Morgan fingerprint density at radius 2 is 1.84 bits per heavy atom. The van der Waals surface area contributed by atoms with Crippen molar-refractivity contribution in [3.05, 3.63) is 41.7 Å². The SMILES string of the molecule is Cc1cc(C)cc(NC2=N[NH+]3C=CN=CC3=N2)c1.[Cl-]. The third-order valence-corrected chi connectivity index (χ3v) is 2.71. The first kappa shape index (κ1) is 13.5. The van der Waals surface area contributed by atoms with E-state index in [0.717, 1.165) is 16.5 Å². The van der Waals surface area contributed by atoms with Gasteiger partial charge in [0.15, 0.2) is 0 Å². The molecule has 2 aliphatic rings. The van der Waals surface area contributed by atoms with Gasteiger partial charge in [0.25, 0.3) is 11.8 Å². The monoisotopic (exact) mass is 275 g/mol. The van der Waals surface area contributed by atoms with Gasteiger partial charge in [0, 0.05) is 5.69 Å². The zero-order valence-electron chi connectivity index (χ0n) is 10.7. The number of anilines is 1. The number of fused-ring (bicyclic) bond motifs is 1. The Labute approximate surface area is 117 Å². The molecule has 19 heavy (non-hydrogen) atoms. The molecule has 0 fully saturated rings. The van der Waals surface area contributed by atoms with E-state index in [4.69, 9.17) is 0 Å². The van der Waals surface area contributed by atoms with Crippen LogP contribution < -0.4 is 22.7 Å². The number of hydrogen-bond acceptors (Lipinski definition) is 4. The molecule has 0 bridgehead atoms. The normalized spacial score (nSPS) is 19.4. The molecule has 0 spiro atoms. The van der Waals surface area contributed by atoms with Gasteiger partial charge in [-0.05, 0) is 42.2 Å². The summed E-state index contributed by atoms with van der Waals surface area (Å²) in [7, 11) is 0. The fourth-order valence-electron chi connectivity index (χ4n) is 2.04. The molecule has 1 unspecified atom stereocenters. The van der Waals surface area contributed by atoms with Crippen molar-refractivity contribution >= 4 is 23.7 Å². The van der Waals surface area contributed by atoms with Gasteiger partial charge in [-0.3, -0.25) is 4.99 Å². The molecule has 1 aromatic carbocycles. The predicted octanol–water partition coefficient (Wildman–Crippen LogP) is -2.16. The van der Waals surface area contributed by atoms with Crippen molar-refractivity contribution in [1.29, 1.82) is 0 Å². The highest BCUT2D eigenvalue weighted by Gasteiger charge is 2.24.